The molecule has 1 aliphatic heterocycles. The van der Waals surface area contributed by atoms with Crippen molar-refractivity contribution in [2.75, 3.05) is 23.7 Å². The lowest BCUT2D eigenvalue weighted by atomic mass is 10.1. The molecule has 168 valence electrons. The van der Waals surface area contributed by atoms with Gasteiger partial charge in [-0.1, -0.05) is 26.7 Å². The van der Waals surface area contributed by atoms with Gasteiger partial charge in [-0.3, -0.25) is 9.48 Å². The van der Waals surface area contributed by atoms with E-state index >= 15 is 0 Å². The third kappa shape index (κ3) is 5.87. The quantitative estimate of drug-likeness (QED) is 0.686. The monoisotopic (exact) mass is 425 g/mol. The van der Waals surface area contributed by atoms with E-state index in [9.17, 15) is 9.59 Å². The van der Waals surface area contributed by atoms with Gasteiger partial charge in [0.2, 0.25) is 0 Å². The average molecular weight is 426 g/mol. The van der Waals surface area contributed by atoms with E-state index in [0.717, 1.165) is 31.6 Å². The van der Waals surface area contributed by atoms with E-state index in [-0.39, 0.29) is 23.4 Å². The molecule has 2 heterocycles. The number of hydrogen-bond acceptors (Lipinski definition) is 3. The second-order valence-electron chi connectivity index (χ2n) is 9.55. The van der Waals surface area contributed by atoms with Crippen LogP contribution in [0, 0.1) is 0 Å². The molecule has 1 aromatic heterocycles. The number of benzene rings is 1. The molecule has 1 fully saturated rings. The molecule has 3 amide bonds. The third-order valence-electron chi connectivity index (χ3n) is 5.48. The summed E-state index contributed by atoms with van der Waals surface area (Å²) >= 11 is 0. The molecule has 0 radical (unpaired) electrons. The minimum atomic E-state index is -0.244. The van der Waals surface area contributed by atoms with Crippen molar-refractivity contribution >= 4 is 23.3 Å². The summed E-state index contributed by atoms with van der Waals surface area (Å²) in [5.41, 5.74) is 2.60. The first-order valence-electron chi connectivity index (χ1n) is 11.2. The number of carbonyl (C=O) groups is 2. The van der Waals surface area contributed by atoms with Gasteiger partial charge in [0.05, 0.1) is 5.54 Å². The van der Waals surface area contributed by atoms with Crippen molar-refractivity contribution < 1.29 is 9.59 Å². The topological polar surface area (TPSA) is 79.3 Å². The Hall–Kier alpha value is -2.83. The highest BCUT2D eigenvalue weighted by Crippen LogP contribution is 2.24. The molecule has 1 aromatic carbocycles. The van der Waals surface area contributed by atoms with Gasteiger partial charge in [-0.05, 0) is 69.9 Å². The van der Waals surface area contributed by atoms with Crippen LogP contribution in [-0.2, 0) is 5.54 Å². The van der Waals surface area contributed by atoms with Crippen LogP contribution in [0.4, 0.5) is 16.2 Å². The summed E-state index contributed by atoms with van der Waals surface area (Å²) in [6, 6.07) is 8.99. The number of carbonyl (C=O) groups excluding carboxylic acids is 2. The molecule has 0 saturated carbocycles. The summed E-state index contributed by atoms with van der Waals surface area (Å²) < 4.78 is 1.92. The van der Waals surface area contributed by atoms with Crippen molar-refractivity contribution in [1.82, 2.24) is 14.7 Å². The highest BCUT2D eigenvalue weighted by Gasteiger charge is 2.23. The second kappa shape index (κ2) is 9.54. The summed E-state index contributed by atoms with van der Waals surface area (Å²) in [5, 5.41) is 10.4. The molecular formula is C24H35N5O2. The minimum Gasteiger partial charge on any atom is -0.325 e. The van der Waals surface area contributed by atoms with Crippen molar-refractivity contribution in [3.8, 4) is 0 Å². The number of aromatic nitrogens is 2. The fourth-order valence-corrected chi connectivity index (χ4v) is 3.76. The SMILES string of the molecule is CC(C)c1cc(C(=O)Nc2ccc(NC(=O)N3CCCCCC3)cc2)nn1C(C)(C)C. The molecule has 7 heteroatoms. The van der Waals surface area contributed by atoms with Crippen LogP contribution in [0.25, 0.3) is 0 Å². The Balaban J connectivity index is 1.64. The number of nitrogens with zero attached hydrogens (tertiary/aromatic N) is 3. The lowest BCUT2D eigenvalue weighted by Gasteiger charge is -2.23. The number of anilines is 2. The number of hydrogen-bond donors (Lipinski definition) is 2. The maximum absolute atomic E-state index is 12.8. The second-order valence-corrected chi connectivity index (χ2v) is 9.55. The molecule has 2 N–H and O–H groups in total. The maximum atomic E-state index is 12.8. The van der Waals surface area contributed by atoms with Crippen LogP contribution in [0.2, 0.25) is 0 Å². The van der Waals surface area contributed by atoms with Gasteiger partial charge < -0.3 is 15.5 Å². The van der Waals surface area contributed by atoms with E-state index in [0.29, 0.717) is 17.1 Å². The molecule has 0 atom stereocenters. The van der Waals surface area contributed by atoms with Gasteiger partial charge in [-0.15, -0.1) is 0 Å². The van der Waals surface area contributed by atoms with Crippen LogP contribution >= 0.6 is 0 Å². The highest BCUT2D eigenvalue weighted by molar-refractivity contribution is 6.03. The predicted molar refractivity (Wildman–Crippen MR) is 125 cm³/mol. The zero-order chi connectivity index (χ0) is 22.6. The predicted octanol–water partition coefficient (Wildman–Crippen LogP) is 5.42. The fraction of sp³-hybridized carbons (Fsp3) is 0.542. The largest absolute Gasteiger partial charge is 0.325 e. The first kappa shape index (κ1) is 22.8. The summed E-state index contributed by atoms with van der Waals surface area (Å²) in [5.74, 6) is 0.0200. The number of likely N-dealkylation sites (tertiary alicyclic amines) is 1. The number of amides is 3. The first-order valence-corrected chi connectivity index (χ1v) is 11.2. The maximum Gasteiger partial charge on any atom is 0.321 e. The van der Waals surface area contributed by atoms with Crippen LogP contribution in [0.3, 0.4) is 0 Å². The third-order valence-corrected chi connectivity index (χ3v) is 5.48. The Bertz CT molecular complexity index is 901. The molecule has 2 aromatic rings. The van der Waals surface area contributed by atoms with Crippen molar-refractivity contribution in [1.29, 1.82) is 0 Å². The van der Waals surface area contributed by atoms with Crippen molar-refractivity contribution in [2.45, 2.75) is 71.8 Å². The number of urea groups is 1. The van der Waals surface area contributed by atoms with Crippen LogP contribution < -0.4 is 10.6 Å². The Kier molecular flexibility index (Phi) is 7.03. The molecule has 3 rings (SSSR count). The van der Waals surface area contributed by atoms with E-state index in [1.807, 2.05) is 15.6 Å². The van der Waals surface area contributed by atoms with Gasteiger partial charge in [0, 0.05) is 30.2 Å². The van der Waals surface area contributed by atoms with E-state index in [1.54, 1.807) is 24.3 Å². The van der Waals surface area contributed by atoms with Gasteiger partial charge in [-0.2, -0.15) is 5.10 Å². The van der Waals surface area contributed by atoms with Crippen molar-refractivity contribution in [3.05, 3.63) is 41.7 Å². The Morgan fingerprint density at radius 2 is 1.48 bits per heavy atom. The number of rotatable bonds is 4. The normalized spacial score (nSPS) is 15.0. The minimum absolute atomic E-state index is 0.0624. The molecule has 0 unspecified atom stereocenters. The Morgan fingerprint density at radius 3 is 1.97 bits per heavy atom. The average Bonchev–Trinajstić information content (AvgIpc) is 3.00. The summed E-state index contributed by atoms with van der Waals surface area (Å²) in [6.45, 7) is 12.0. The van der Waals surface area contributed by atoms with E-state index in [1.165, 1.54) is 12.8 Å². The van der Waals surface area contributed by atoms with Crippen LogP contribution in [0.15, 0.2) is 30.3 Å². The van der Waals surface area contributed by atoms with Crippen LogP contribution in [0.5, 0.6) is 0 Å². The zero-order valence-corrected chi connectivity index (χ0v) is 19.4. The van der Waals surface area contributed by atoms with E-state index < -0.39 is 0 Å². The Morgan fingerprint density at radius 1 is 0.935 bits per heavy atom. The molecular weight excluding hydrogens is 390 g/mol. The van der Waals surface area contributed by atoms with E-state index in [4.69, 9.17) is 0 Å². The smallest absolute Gasteiger partial charge is 0.321 e. The fourth-order valence-electron chi connectivity index (χ4n) is 3.76. The van der Waals surface area contributed by atoms with Gasteiger partial charge in [0.15, 0.2) is 5.69 Å². The highest BCUT2D eigenvalue weighted by atomic mass is 16.2. The van der Waals surface area contributed by atoms with Crippen LogP contribution in [-0.4, -0.2) is 39.7 Å². The Labute approximate surface area is 185 Å². The van der Waals surface area contributed by atoms with Gasteiger partial charge >= 0.3 is 6.03 Å². The molecule has 7 nitrogen and oxygen atoms in total. The zero-order valence-electron chi connectivity index (χ0n) is 19.4. The lowest BCUT2D eigenvalue weighted by molar-refractivity contribution is 0.102. The van der Waals surface area contributed by atoms with Gasteiger partial charge in [0.25, 0.3) is 5.91 Å². The van der Waals surface area contributed by atoms with Crippen LogP contribution in [0.1, 0.15) is 82.4 Å². The van der Waals surface area contributed by atoms with Gasteiger partial charge in [-0.25, -0.2) is 4.79 Å². The lowest BCUT2D eigenvalue weighted by Crippen LogP contribution is -2.35. The van der Waals surface area contributed by atoms with Crippen molar-refractivity contribution in [2.24, 2.45) is 0 Å². The molecule has 1 aliphatic rings. The summed E-state index contributed by atoms with van der Waals surface area (Å²) in [6.07, 6.45) is 4.49. The summed E-state index contributed by atoms with van der Waals surface area (Å²) in [7, 11) is 0. The van der Waals surface area contributed by atoms with Gasteiger partial charge in [0.1, 0.15) is 0 Å². The van der Waals surface area contributed by atoms with Crippen molar-refractivity contribution in [3.63, 3.8) is 0 Å². The molecule has 0 aliphatic carbocycles. The number of nitrogens with one attached hydrogen (secondary N) is 2. The molecule has 0 spiro atoms. The molecule has 31 heavy (non-hydrogen) atoms. The molecule has 1 saturated heterocycles. The standard InChI is InChI=1S/C24H35N5O2/c1-17(2)21-16-20(27-29(21)24(3,4)5)22(30)25-18-10-12-19(13-11-18)26-23(31)28-14-8-6-7-9-15-28/h10-13,16-17H,6-9,14-15H2,1-5H3,(H,25,30)(H,26,31). The summed E-state index contributed by atoms with van der Waals surface area (Å²) in [4.78, 5) is 27.1. The van der Waals surface area contributed by atoms with E-state index in [2.05, 4.69) is 50.4 Å². The first-order chi connectivity index (χ1) is 14.6. The molecule has 0 bridgehead atoms.